The van der Waals surface area contributed by atoms with Crippen LogP contribution in [0.25, 0.3) is 0 Å². The zero-order valence-corrected chi connectivity index (χ0v) is 19.6. The molecule has 0 amide bonds. The third-order valence-corrected chi connectivity index (χ3v) is 6.01. The maximum atomic E-state index is 9.11. The number of aliphatic hydroxyl groups is 1. The van der Waals surface area contributed by atoms with E-state index in [-0.39, 0.29) is 23.9 Å². The van der Waals surface area contributed by atoms with Gasteiger partial charge in [0.25, 0.3) is 0 Å². The first-order valence-electron chi connectivity index (χ1n) is 9.71. The largest absolute Gasteiger partial charge is 0.493 e. The number of aliphatic hydroxyl groups excluding tert-OH is 1. The lowest BCUT2D eigenvalue weighted by Gasteiger charge is -2.27. The molecule has 0 unspecified atom stereocenters. The Morgan fingerprint density at radius 1 is 0.897 bits per heavy atom. The molecule has 29 heavy (non-hydrogen) atoms. The fourth-order valence-electron chi connectivity index (χ4n) is 2.75. The highest BCUT2D eigenvalue weighted by molar-refractivity contribution is 6.37. The van der Waals surface area contributed by atoms with Crippen LogP contribution in [0.5, 0.6) is 11.5 Å². The van der Waals surface area contributed by atoms with Gasteiger partial charge in [0, 0.05) is 29.7 Å². The van der Waals surface area contributed by atoms with Crippen LogP contribution >= 0.6 is 34.8 Å². The van der Waals surface area contributed by atoms with Crippen molar-refractivity contribution in [2.45, 2.75) is 33.1 Å². The molecule has 2 atom stereocenters. The van der Waals surface area contributed by atoms with Gasteiger partial charge in [-0.25, -0.2) is 0 Å². The van der Waals surface area contributed by atoms with Crippen molar-refractivity contribution in [1.29, 1.82) is 0 Å². The summed E-state index contributed by atoms with van der Waals surface area (Å²) < 4.78 is 11.5. The average molecular weight is 460 g/mol. The van der Waals surface area contributed by atoms with Crippen molar-refractivity contribution in [2.24, 2.45) is 11.8 Å². The molecule has 0 heterocycles. The third-order valence-electron chi connectivity index (χ3n) is 4.92. The smallest absolute Gasteiger partial charge is 0.156 e. The van der Waals surface area contributed by atoms with Crippen LogP contribution in [0.3, 0.4) is 0 Å². The van der Waals surface area contributed by atoms with Gasteiger partial charge in [-0.15, -0.1) is 11.6 Å². The van der Waals surface area contributed by atoms with Crippen LogP contribution in [0.2, 0.25) is 10.0 Å². The Labute approximate surface area is 188 Å². The molecular weight excluding hydrogens is 431 g/mol. The van der Waals surface area contributed by atoms with Crippen molar-refractivity contribution in [1.82, 2.24) is 0 Å². The summed E-state index contributed by atoms with van der Waals surface area (Å²) in [4.78, 5) is 0. The molecule has 0 aliphatic heterocycles. The second kappa shape index (κ2) is 10.8. The number of halogens is 3. The second-order valence-corrected chi connectivity index (χ2v) is 9.21. The number of ether oxygens (including phenoxy) is 2. The first-order chi connectivity index (χ1) is 13.7. The highest BCUT2D eigenvalue weighted by Gasteiger charge is 2.26. The Morgan fingerprint density at radius 3 is 1.97 bits per heavy atom. The van der Waals surface area contributed by atoms with Gasteiger partial charge in [0.15, 0.2) is 5.75 Å². The molecule has 0 aliphatic carbocycles. The maximum absolute atomic E-state index is 9.11. The fraction of sp³-hybridized carbons (Fsp3) is 0.478. The molecule has 3 nitrogen and oxygen atoms in total. The lowest BCUT2D eigenvalue weighted by atomic mass is 9.78. The molecule has 0 radical (unpaired) electrons. The van der Waals surface area contributed by atoms with Gasteiger partial charge in [-0.3, -0.25) is 0 Å². The summed E-state index contributed by atoms with van der Waals surface area (Å²) in [6, 6.07) is 11.8. The summed E-state index contributed by atoms with van der Waals surface area (Å²) in [7, 11) is 0. The molecule has 0 saturated carbocycles. The summed E-state index contributed by atoms with van der Waals surface area (Å²) in [6.07, 6.45) is 0. The standard InChI is InChI=1S/C23H29Cl3O3/c1-15(11-24)13-29-22-20(25)9-18(10-21(22)26)23(3,4)17-5-7-19(8-6-17)28-14-16(2)12-27/h5-10,15-16,27H,11-14H2,1-4H3/t15-,16+/m1/s1. The Hall–Kier alpha value is -1.13. The number of benzene rings is 2. The molecule has 0 aromatic heterocycles. The van der Waals surface area contributed by atoms with Crippen molar-refractivity contribution >= 4 is 34.8 Å². The van der Waals surface area contributed by atoms with Crippen molar-refractivity contribution < 1.29 is 14.6 Å². The van der Waals surface area contributed by atoms with Gasteiger partial charge in [-0.05, 0) is 35.4 Å². The van der Waals surface area contributed by atoms with E-state index < -0.39 is 0 Å². The van der Waals surface area contributed by atoms with Gasteiger partial charge in [0.2, 0.25) is 0 Å². The van der Waals surface area contributed by atoms with E-state index in [0.29, 0.717) is 34.9 Å². The topological polar surface area (TPSA) is 38.7 Å². The van der Waals surface area contributed by atoms with Gasteiger partial charge in [-0.2, -0.15) is 0 Å². The Bertz CT molecular complexity index is 767. The molecule has 1 N–H and O–H groups in total. The molecule has 6 heteroatoms. The quantitative estimate of drug-likeness (QED) is 0.408. The predicted molar refractivity (Wildman–Crippen MR) is 122 cm³/mol. The van der Waals surface area contributed by atoms with Crippen molar-refractivity contribution in [3.8, 4) is 11.5 Å². The fourth-order valence-corrected chi connectivity index (χ4v) is 3.44. The molecule has 2 aromatic carbocycles. The highest BCUT2D eigenvalue weighted by atomic mass is 35.5. The van der Waals surface area contributed by atoms with Gasteiger partial charge < -0.3 is 14.6 Å². The molecule has 2 aromatic rings. The minimum absolute atomic E-state index is 0.101. The SMILES string of the molecule is C[C@H](CCl)COc1c(Cl)cc(C(C)(C)c2ccc(OC[C@@H](C)CO)cc2)cc1Cl. The van der Waals surface area contributed by atoms with E-state index >= 15 is 0 Å². The molecule has 0 spiro atoms. The van der Waals surface area contributed by atoms with E-state index in [4.69, 9.17) is 49.4 Å². The van der Waals surface area contributed by atoms with E-state index in [1.807, 2.05) is 50.2 Å². The minimum atomic E-state index is -0.313. The molecule has 160 valence electrons. The molecule has 0 saturated heterocycles. The number of rotatable bonds is 10. The van der Waals surface area contributed by atoms with E-state index in [0.717, 1.165) is 16.9 Å². The first kappa shape index (κ1) is 24.1. The zero-order valence-electron chi connectivity index (χ0n) is 17.3. The Morgan fingerprint density at radius 2 is 1.45 bits per heavy atom. The van der Waals surface area contributed by atoms with Crippen LogP contribution in [0.15, 0.2) is 36.4 Å². The lowest BCUT2D eigenvalue weighted by Crippen LogP contribution is -2.19. The number of hydrogen-bond donors (Lipinski definition) is 1. The van der Waals surface area contributed by atoms with Crippen LogP contribution < -0.4 is 9.47 Å². The van der Waals surface area contributed by atoms with Crippen LogP contribution in [-0.4, -0.2) is 30.8 Å². The number of hydrogen-bond acceptors (Lipinski definition) is 3. The lowest BCUT2D eigenvalue weighted by molar-refractivity contribution is 0.174. The van der Waals surface area contributed by atoms with Gasteiger partial charge >= 0.3 is 0 Å². The van der Waals surface area contributed by atoms with Gasteiger partial charge in [0.05, 0.1) is 23.3 Å². The summed E-state index contributed by atoms with van der Waals surface area (Å²) in [5.41, 5.74) is 1.79. The van der Waals surface area contributed by atoms with Crippen LogP contribution in [-0.2, 0) is 5.41 Å². The Kier molecular flexibility index (Phi) is 8.96. The Balaban J connectivity index is 2.19. The van der Waals surface area contributed by atoms with Gasteiger partial charge in [-0.1, -0.05) is 63.0 Å². The molecule has 0 bridgehead atoms. The molecule has 0 aliphatic rings. The average Bonchev–Trinajstić information content (AvgIpc) is 2.71. The van der Waals surface area contributed by atoms with Crippen molar-refractivity contribution in [2.75, 3.05) is 25.7 Å². The summed E-state index contributed by atoms with van der Waals surface area (Å²) in [6.45, 7) is 9.23. The summed E-state index contributed by atoms with van der Waals surface area (Å²) in [5.74, 6) is 2.09. The van der Waals surface area contributed by atoms with E-state index in [2.05, 4.69) is 13.8 Å². The predicted octanol–water partition coefficient (Wildman–Crippen LogP) is 6.58. The van der Waals surface area contributed by atoms with Crippen LogP contribution in [0.1, 0.15) is 38.8 Å². The maximum Gasteiger partial charge on any atom is 0.156 e. The van der Waals surface area contributed by atoms with Crippen molar-refractivity contribution in [3.63, 3.8) is 0 Å². The number of alkyl halides is 1. The van der Waals surface area contributed by atoms with Gasteiger partial charge in [0.1, 0.15) is 5.75 Å². The van der Waals surface area contributed by atoms with Crippen LogP contribution in [0.4, 0.5) is 0 Å². The van der Waals surface area contributed by atoms with E-state index in [9.17, 15) is 0 Å². The summed E-state index contributed by atoms with van der Waals surface area (Å²) >= 11 is 18.8. The van der Waals surface area contributed by atoms with E-state index in [1.54, 1.807) is 0 Å². The minimum Gasteiger partial charge on any atom is -0.493 e. The zero-order chi connectivity index (χ0) is 21.6. The molecular formula is C23H29Cl3O3. The highest BCUT2D eigenvalue weighted by Crippen LogP contribution is 2.40. The third kappa shape index (κ3) is 6.42. The van der Waals surface area contributed by atoms with Crippen molar-refractivity contribution in [3.05, 3.63) is 57.6 Å². The summed E-state index contributed by atoms with van der Waals surface area (Å²) in [5, 5.41) is 10.1. The monoisotopic (exact) mass is 458 g/mol. The van der Waals surface area contributed by atoms with E-state index in [1.165, 1.54) is 0 Å². The second-order valence-electron chi connectivity index (χ2n) is 8.09. The molecule has 0 fully saturated rings. The normalized spacial score (nSPS) is 13.8. The first-order valence-corrected chi connectivity index (χ1v) is 11.0. The molecule has 2 rings (SSSR count). The van der Waals surface area contributed by atoms with Crippen LogP contribution in [0, 0.1) is 11.8 Å².